The Labute approximate surface area is 203 Å². The van der Waals surface area contributed by atoms with Crippen LogP contribution < -0.4 is 9.47 Å². The summed E-state index contributed by atoms with van der Waals surface area (Å²) in [5, 5.41) is 9.53. The number of carboxylic acids is 1. The molecule has 0 spiro atoms. The molecule has 1 atom stereocenters. The van der Waals surface area contributed by atoms with Crippen molar-refractivity contribution in [3.05, 3.63) is 82.3 Å². The Hall–Kier alpha value is -2.83. The fourth-order valence-electron chi connectivity index (χ4n) is 4.31. The number of nitrogens with zero attached hydrogens (tertiary/aromatic N) is 1. The van der Waals surface area contributed by atoms with E-state index in [1.54, 1.807) is 7.11 Å². The number of hydrogen-bond acceptors (Lipinski definition) is 4. The van der Waals surface area contributed by atoms with Gasteiger partial charge in [0.25, 0.3) is 0 Å². The molecule has 6 heteroatoms. The summed E-state index contributed by atoms with van der Waals surface area (Å²) in [5.41, 5.74) is 4.32. The van der Waals surface area contributed by atoms with Gasteiger partial charge in [-0.3, -0.25) is 9.69 Å². The van der Waals surface area contributed by atoms with E-state index >= 15 is 0 Å². The van der Waals surface area contributed by atoms with Gasteiger partial charge in [-0.15, -0.1) is 0 Å². The van der Waals surface area contributed by atoms with Crippen LogP contribution in [0.4, 0.5) is 0 Å². The number of methoxy groups -OCH3 is 1. The van der Waals surface area contributed by atoms with Crippen molar-refractivity contribution < 1.29 is 19.4 Å². The van der Waals surface area contributed by atoms with Crippen molar-refractivity contribution in [1.29, 1.82) is 0 Å². The van der Waals surface area contributed by atoms with Crippen molar-refractivity contribution in [1.82, 2.24) is 4.90 Å². The average Bonchev–Trinajstić information content (AvgIpc) is 2.84. The molecule has 1 aliphatic heterocycles. The van der Waals surface area contributed by atoms with Crippen molar-refractivity contribution >= 4 is 21.9 Å². The maximum atomic E-state index is 11.6. The minimum Gasteiger partial charge on any atom is -0.493 e. The number of hydrogen-bond donors (Lipinski definition) is 1. The second-order valence-electron chi connectivity index (χ2n) is 8.24. The minimum absolute atomic E-state index is 0.393. The number of halogens is 1. The molecule has 172 valence electrons. The first kappa shape index (κ1) is 23.3. The van der Waals surface area contributed by atoms with Crippen molar-refractivity contribution in [3.8, 4) is 22.6 Å². The third-order valence-electron chi connectivity index (χ3n) is 6.06. The lowest BCUT2D eigenvalue weighted by Gasteiger charge is -2.32. The van der Waals surface area contributed by atoms with Crippen LogP contribution in [0.15, 0.2) is 71.2 Å². The maximum Gasteiger partial charge on any atom is 0.320 e. The molecule has 33 heavy (non-hydrogen) atoms. The van der Waals surface area contributed by atoms with Crippen LogP contribution >= 0.6 is 15.9 Å². The summed E-state index contributed by atoms with van der Waals surface area (Å²) in [7, 11) is 1.62. The quantitative estimate of drug-likeness (QED) is 0.395. The van der Waals surface area contributed by atoms with Crippen LogP contribution in [0.1, 0.15) is 30.4 Å². The number of rotatable bonds is 8. The topological polar surface area (TPSA) is 59.0 Å². The Morgan fingerprint density at radius 1 is 1.06 bits per heavy atom. The highest BCUT2D eigenvalue weighted by Gasteiger charge is 2.28. The summed E-state index contributed by atoms with van der Waals surface area (Å²) in [4.78, 5) is 13.6. The molecule has 0 radical (unpaired) electrons. The molecule has 0 saturated carbocycles. The summed E-state index contributed by atoms with van der Waals surface area (Å²) < 4.78 is 12.7. The Morgan fingerprint density at radius 2 is 1.88 bits per heavy atom. The van der Waals surface area contributed by atoms with Crippen LogP contribution in [0.3, 0.4) is 0 Å². The molecule has 5 nitrogen and oxygen atoms in total. The predicted octanol–water partition coefficient (Wildman–Crippen LogP) is 6.14. The molecule has 1 fully saturated rings. The average molecular weight is 510 g/mol. The second-order valence-corrected chi connectivity index (χ2v) is 9.03. The van der Waals surface area contributed by atoms with Crippen LogP contribution in [-0.4, -0.2) is 35.7 Å². The van der Waals surface area contributed by atoms with Crippen LogP contribution in [0.2, 0.25) is 0 Å². The highest BCUT2D eigenvalue weighted by Crippen LogP contribution is 2.34. The summed E-state index contributed by atoms with van der Waals surface area (Å²) in [6, 6.07) is 21.8. The normalized spacial score (nSPS) is 16.4. The number of benzene rings is 3. The standard InChI is InChI=1S/C27H28BrNO4/c1-32-25-16-19(17-29-15-6-5-12-23(29)27(30)31)13-14-24(25)33-18-21-10-7-11-22(26(21)28)20-8-3-2-4-9-20/h2-4,7-11,13-14,16,23H,5-6,12,15,17-18H2,1H3,(H,30,31)/t23-/m0/s1. The van der Waals surface area contributed by atoms with Gasteiger partial charge in [-0.2, -0.15) is 0 Å². The number of aliphatic carboxylic acids is 1. The first-order valence-electron chi connectivity index (χ1n) is 11.2. The minimum atomic E-state index is -0.745. The van der Waals surface area contributed by atoms with E-state index in [-0.39, 0.29) is 0 Å². The van der Waals surface area contributed by atoms with E-state index in [1.165, 1.54) is 0 Å². The maximum absolute atomic E-state index is 11.6. The van der Waals surface area contributed by atoms with Crippen LogP contribution in [-0.2, 0) is 17.9 Å². The smallest absolute Gasteiger partial charge is 0.320 e. The highest BCUT2D eigenvalue weighted by molar-refractivity contribution is 9.10. The number of likely N-dealkylation sites (tertiary alicyclic amines) is 1. The van der Waals surface area contributed by atoms with E-state index in [2.05, 4.69) is 34.1 Å². The van der Waals surface area contributed by atoms with Gasteiger partial charge in [-0.1, -0.05) is 61.0 Å². The van der Waals surface area contributed by atoms with Crippen molar-refractivity contribution in [2.24, 2.45) is 0 Å². The molecule has 0 amide bonds. The third-order valence-corrected chi connectivity index (χ3v) is 7.00. The Bertz CT molecular complexity index is 1100. The summed E-state index contributed by atoms with van der Waals surface area (Å²) in [6.07, 6.45) is 2.69. The highest BCUT2D eigenvalue weighted by atomic mass is 79.9. The van der Waals surface area contributed by atoms with Gasteiger partial charge >= 0.3 is 5.97 Å². The first-order valence-corrected chi connectivity index (χ1v) is 12.0. The van der Waals surface area contributed by atoms with E-state index in [0.29, 0.717) is 31.1 Å². The molecule has 1 saturated heterocycles. The molecule has 1 aliphatic rings. The molecule has 1 N–H and O–H groups in total. The summed E-state index contributed by atoms with van der Waals surface area (Å²) in [5.74, 6) is 0.559. The van der Waals surface area contributed by atoms with E-state index in [4.69, 9.17) is 9.47 Å². The van der Waals surface area contributed by atoms with Gasteiger partial charge < -0.3 is 14.6 Å². The lowest BCUT2D eigenvalue weighted by molar-refractivity contribution is -0.144. The van der Waals surface area contributed by atoms with Gasteiger partial charge in [-0.05, 0) is 64.1 Å². The van der Waals surface area contributed by atoms with Gasteiger partial charge in [0.05, 0.1) is 7.11 Å². The fourth-order valence-corrected chi connectivity index (χ4v) is 4.92. The van der Waals surface area contributed by atoms with Crippen molar-refractivity contribution in [3.63, 3.8) is 0 Å². The lowest BCUT2D eigenvalue weighted by atomic mass is 10.0. The molecule has 0 aromatic heterocycles. The van der Waals surface area contributed by atoms with Gasteiger partial charge in [0.15, 0.2) is 11.5 Å². The first-order chi connectivity index (χ1) is 16.1. The molecule has 0 unspecified atom stereocenters. The predicted molar refractivity (Wildman–Crippen MR) is 133 cm³/mol. The van der Waals surface area contributed by atoms with E-state index < -0.39 is 12.0 Å². The van der Waals surface area contributed by atoms with E-state index in [1.807, 2.05) is 53.4 Å². The number of carbonyl (C=O) groups is 1. The number of piperidine rings is 1. The zero-order valence-corrected chi connectivity index (χ0v) is 20.3. The van der Waals surface area contributed by atoms with Crippen molar-refractivity contribution in [2.75, 3.05) is 13.7 Å². The van der Waals surface area contributed by atoms with Gasteiger partial charge in [0, 0.05) is 16.6 Å². The molecule has 0 bridgehead atoms. The molecule has 3 aromatic rings. The van der Waals surface area contributed by atoms with E-state index in [9.17, 15) is 9.90 Å². The molecular weight excluding hydrogens is 482 g/mol. The van der Waals surface area contributed by atoms with E-state index in [0.717, 1.165) is 46.1 Å². The third kappa shape index (κ3) is 5.57. The molecule has 1 heterocycles. The monoisotopic (exact) mass is 509 g/mol. The Morgan fingerprint density at radius 3 is 2.64 bits per heavy atom. The van der Waals surface area contributed by atoms with Gasteiger partial charge in [0.1, 0.15) is 12.6 Å². The summed E-state index contributed by atoms with van der Waals surface area (Å²) in [6.45, 7) is 1.77. The fraction of sp³-hybridized carbons (Fsp3) is 0.296. The number of carboxylic acid groups (broad SMARTS) is 1. The Kier molecular flexibility index (Phi) is 7.68. The zero-order valence-electron chi connectivity index (χ0n) is 18.7. The van der Waals surface area contributed by atoms with Gasteiger partial charge in [-0.25, -0.2) is 0 Å². The molecule has 4 rings (SSSR count). The molecule has 0 aliphatic carbocycles. The molecule has 3 aromatic carbocycles. The Balaban J connectivity index is 1.48. The lowest BCUT2D eigenvalue weighted by Crippen LogP contribution is -2.43. The van der Waals surface area contributed by atoms with Crippen LogP contribution in [0.5, 0.6) is 11.5 Å². The van der Waals surface area contributed by atoms with Crippen LogP contribution in [0, 0.1) is 0 Å². The molecular formula is C27H28BrNO4. The zero-order chi connectivity index (χ0) is 23.2. The van der Waals surface area contributed by atoms with Crippen molar-refractivity contribution in [2.45, 2.75) is 38.5 Å². The van der Waals surface area contributed by atoms with Gasteiger partial charge in [0.2, 0.25) is 0 Å². The number of ether oxygens (including phenoxy) is 2. The SMILES string of the molecule is COc1cc(CN2CCCC[C@H]2C(=O)O)ccc1OCc1cccc(-c2ccccc2)c1Br. The second kappa shape index (κ2) is 10.9. The largest absolute Gasteiger partial charge is 0.493 e. The summed E-state index contributed by atoms with van der Waals surface area (Å²) >= 11 is 3.75. The van der Waals surface area contributed by atoms with Crippen LogP contribution in [0.25, 0.3) is 11.1 Å².